The van der Waals surface area contributed by atoms with E-state index in [-0.39, 0.29) is 0 Å². The van der Waals surface area contributed by atoms with Crippen molar-refractivity contribution in [1.82, 2.24) is 14.6 Å². The van der Waals surface area contributed by atoms with Gasteiger partial charge >= 0.3 is 0 Å². The summed E-state index contributed by atoms with van der Waals surface area (Å²) in [6.07, 6.45) is 0. The van der Waals surface area contributed by atoms with E-state index in [2.05, 4.69) is 46.8 Å². The van der Waals surface area contributed by atoms with Crippen molar-refractivity contribution in [3.05, 3.63) is 15.3 Å². The van der Waals surface area contributed by atoms with Gasteiger partial charge in [-0.25, -0.2) is 9.50 Å². The average molecular weight is 260 g/mol. The fourth-order valence-electron chi connectivity index (χ4n) is 1.39. The van der Waals surface area contributed by atoms with Gasteiger partial charge in [-0.1, -0.05) is 25.2 Å². The lowest BCUT2D eigenvalue weighted by Crippen LogP contribution is -1.93. The van der Waals surface area contributed by atoms with Crippen LogP contribution in [0.3, 0.4) is 0 Å². The first-order valence-electron chi connectivity index (χ1n) is 4.11. The predicted molar refractivity (Wildman–Crippen MR) is 57.4 cm³/mol. The maximum Gasteiger partial charge on any atom is 0.213 e. The molecule has 0 spiro atoms. The molecule has 0 atom stereocenters. The molecular formula is C8H10BrN3S. The molecule has 13 heavy (non-hydrogen) atoms. The molecule has 0 aromatic carbocycles. The molecule has 0 aliphatic rings. The molecule has 0 unspecified atom stereocenters. The third kappa shape index (κ3) is 1.40. The number of imidazole rings is 1. The first-order valence-corrected chi connectivity index (χ1v) is 5.72. The van der Waals surface area contributed by atoms with Crippen molar-refractivity contribution in [2.24, 2.45) is 0 Å². The van der Waals surface area contributed by atoms with E-state index < -0.39 is 0 Å². The molecule has 0 amide bonds. The van der Waals surface area contributed by atoms with E-state index in [1.165, 1.54) is 0 Å². The van der Waals surface area contributed by atoms with Crippen LogP contribution >= 0.6 is 27.3 Å². The fourth-order valence-corrected chi connectivity index (χ4v) is 2.66. The average Bonchev–Trinajstić information content (AvgIpc) is 2.51. The lowest BCUT2D eigenvalue weighted by atomic mass is 10.1. The first-order chi connectivity index (χ1) is 6.09. The summed E-state index contributed by atoms with van der Waals surface area (Å²) in [5.41, 5.74) is 2.29. The van der Waals surface area contributed by atoms with Crippen molar-refractivity contribution in [2.45, 2.75) is 26.7 Å². The van der Waals surface area contributed by atoms with Crippen LogP contribution in [0, 0.1) is 6.92 Å². The van der Waals surface area contributed by atoms with Gasteiger partial charge < -0.3 is 0 Å². The van der Waals surface area contributed by atoms with Gasteiger partial charge in [0.1, 0.15) is 0 Å². The van der Waals surface area contributed by atoms with Crippen LogP contribution < -0.4 is 0 Å². The van der Waals surface area contributed by atoms with Crippen molar-refractivity contribution >= 4 is 32.2 Å². The number of aryl methyl sites for hydroxylation is 1. The largest absolute Gasteiger partial charge is 0.222 e. The van der Waals surface area contributed by atoms with Gasteiger partial charge in [0.2, 0.25) is 4.96 Å². The molecule has 3 nitrogen and oxygen atoms in total. The standard InChI is InChI=1S/C8H10BrN3S/c1-4(2)6-5(3)12-8(10-6)13-7(9)11-12/h4H,1-3H3. The smallest absolute Gasteiger partial charge is 0.213 e. The molecule has 2 heterocycles. The van der Waals surface area contributed by atoms with Crippen LogP contribution in [0.5, 0.6) is 0 Å². The van der Waals surface area contributed by atoms with Crippen molar-refractivity contribution in [3.8, 4) is 0 Å². The first kappa shape index (κ1) is 9.15. The van der Waals surface area contributed by atoms with Crippen LogP contribution in [0.1, 0.15) is 31.2 Å². The van der Waals surface area contributed by atoms with Gasteiger partial charge in [0.05, 0.1) is 11.4 Å². The van der Waals surface area contributed by atoms with Crippen molar-refractivity contribution in [2.75, 3.05) is 0 Å². The Balaban J connectivity index is 2.69. The number of rotatable bonds is 1. The van der Waals surface area contributed by atoms with Crippen LogP contribution in [-0.2, 0) is 0 Å². The molecule has 0 fully saturated rings. The van der Waals surface area contributed by atoms with E-state index in [0.717, 1.165) is 20.3 Å². The predicted octanol–water partition coefficient (Wildman–Crippen LogP) is 2.99. The molecule has 0 radical (unpaired) electrons. The van der Waals surface area contributed by atoms with Crippen molar-refractivity contribution < 1.29 is 0 Å². The second kappa shape index (κ2) is 3.06. The van der Waals surface area contributed by atoms with Gasteiger partial charge in [-0.05, 0) is 28.8 Å². The zero-order chi connectivity index (χ0) is 9.59. The summed E-state index contributed by atoms with van der Waals surface area (Å²) in [6.45, 7) is 6.35. The maximum absolute atomic E-state index is 4.52. The molecule has 5 heteroatoms. The molecule has 0 aliphatic heterocycles. The second-order valence-corrected chi connectivity index (χ2v) is 5.52. The Morgan fingerprint density at radius 2 is 2.15 bits per heavy atom. The van der Waals surface area contributed by atoms with Crippen LogP contribution in [-0.4, -0.2) is 14.6 Å². The number of nitrogens with zero attached hydrogens (tertiary/aromatic N) is 3. The minimum atomic E-state index is 0.465. The third-order valence-electron chi connectivity index (χ3n) is 1.99. The summed E-state index contributed by atoms with van der Waals surface area (Å²) in [6, 6.07) is 0. The highest BCUT2D eigenvalue weighted by Gasteiger charge is 2.14. The molecule has 2 aromatic heterocycles. The SMILES string of the molecule is Cc1c(C(C)C)nc2sc(Br)nn12. The summed E-state index contributed by atoms with van der Waals surface area (Å²) >= 11 is 4.91. The van der Waals surface area contributed by atoms with Gasteiger partial charge in [-0.2, -0.15) is 0 Å². The van der Waals surface area contributed by atoms with E-state index in [0.29, 0.717) is 5.92 Å². The fraction of sp³-hybridized carbons (Fsp3) is 0.500. The molecule has 2 rings (SSSR count). The summed E-state index contributed by atoms with van der Waals surface area (Å²) in [7, 11) is 0. The number of fused-ring (bicyclic) bond motifs is 1. The van der Waals surface area contributed by atoms with E-state index >= 15 is 0 Å². The lowest BCUT2D eigenvalue weighted by Gasteiger charge is -1.99. The van der Waals surface area contributed by atoms with Gasteiger partial charge in [0, 0.05) is 0 Å². The van der Waals surface area contributed by atoms with E-state index in [1.807, 2.05) is 4.52 Å². The topological polar surface area (TPSA) is 30.2 Å². The van der Waals surface area contributed by atoms with Gasteiger partial charge in [0.15, 0.2) is 3.92 Å². The molecule has 0 aliphatic carbocycles. The highest BCUT2D eigenvalue weighted by atomic mass is 79.9. The van der Waals surface area contributed by atoms with E-state index in [9.17, 15) is 0 Å². The molecule has 0 bridgehead atoms. The normalized spacial score (nSPS) is 11.8. The zero-order valence-corrected chi connectivity index (χ0v) is 10.1. The molecular weight excluding hydrogens is 250 g/mol. The Morgan fingerprint density at radius 1 is 1.46 bits per heavy atom. The number of aromatic nitrogens is 3. The van der Waals surface area contributed by atoms with Crippen LogP contribution in [0.2, 0.25) is 0 Å². The number of hydrogen-bond acceptors (Lipinski definition) is 3. The lowest BCUT2D eigenvalue weighted by molar-refractivity contribution is 0.809. The molecule has 70 valence electrons. The zero-order valence-electron chi connectivity index (χ0n) is 7.71. The molecule has 0 N–H and O–H groups in total. The highest BCUT2D eigenvalue weighted by molar-refractivity contribution is 9.11. The van der Waals surface area contributed by atoms with E-state index in [1.54, 1.807) is 11.3 Å². The van der Waals surface area contributed by atoms with Gasteiger partial charge in [-0.15, -0.1) is 5.10 Å². The van der Waals surface area contributed by atoms with Crippen molar-refractivity contribution in [1.29, 1.82) is 0 Å². The Bertz CT molecular complexity index is 443. The Labute approximate surface area is 88.9 Å². The summed E-state index contributed by atoms with van der Waals surface area (Å²) in [5.74, 6) is 0.465. The molecule has 0 saturated heterocycles. The Kier molecular flexibility index (Phi) is 2.15. The summed E-state index contributed by atoms with van der Waals surface area (Å²) in [4.78, 5) is 5.49. The third-order valence-corrected chi connectivity index (χ3v) is 3.33. The molecule has 0 saturated carbocycles. The monoisotopic (exact) mass is 259 g/mol. The Hall–Kier alpha value is -0.420. The number of halogens is 1. The maximum atomic E-state index is 4.52. The highest BCUT2D eigenvalue weighted by Crippen LogP contribution is 2.25. The summed E-state index contributed by atoms with van der Waals surface area (Å²) in [5, 5.41) is 4.31. The minimum Gasteiger partial charge on any atom is -0.222 e. The molecule has 2 aromatic rings. The van der Waals surface area contributed by atoms with Crippen LogP contribution in [0.25, 0.3) is 4.96 Å². The van der Waals surface area contributed by atoms with Gasteiger partial charge in [-0.3, -0.25) is 0 Å². The quantitative estimate of drug-likeness (QED) is 0.789. The van der Waals surface area contributed by atoms with Crippen LogP contribution in [0.15, 0.2) is 3.92 Å². The van der Waals surface area contributed by atoms with Gasteiger partial charge in [0.25, 0.3) is 0 Å². The summed E-state index contributed by atoms with van der Waals surface area (Å²) < 4.78 is 2.78. The number of hydrogen-bond donors (Lipinski definition) is 0. The minimum absolute atomic E-state index is 0.465. The second-order valence-electron chi connectivity index (χ2n) is 3.29. The van der Waals surface area contributed by atoms with Crippen LogP contribution in [0.4, 0.5) is 0 Å². The Morgan fingerprint density at radius 3 is 2.69 bits per heavy atom. The van der Waals surface area contributed by atoms with Crippen molar-refractivity contribution in [3.63, 3.8) is 0 Å². The van der Waals surface area contributed by atoms with E-state index in [4.69, 9.17) is 0 Å².